The van der Waals surface area contributed by atoms with E-state index < -0.39 is 0 Å². The molecular formula is C13H24N4S. The molecule has 0 bridgehead atoms. The molecule has 0 aliphatic carbocycles. The van der Waals surface area contributed by atoms with Crippen molar-refractivity contribution in [2.75, 3.05) is 24.5 Å². The van der Waals surface area contributed by atoms with Crippen LogP contribution in [0.15, 0.2) is 0 Å². The molecule has 4 nitrogen and oxygen atoms in total. The Kier molecular flexibility index (Phi) is 4.22. The Labute approximate surface area is 114 Å². The first kappa shape index (κ1) is 13.7. The third kappa shape index (κ3) is 3.20. The summed E-state index contributed by atoms with van der Waals surface area (Å²) in [5, 5.41) is 1.08. The van der Waals surface area contributed by atoms with Gasteiger partial charge < -0.3 is 10.6 Å². The molecule has 1 aromatic heterocycles. The number of anilines is 1. The molecule has 1 saturated heterocycles. The maximum Gasteiger partial charge on any atom is 0.205 e. The number of piperidine rings is 1. The van der Waals surface area contributed by atoms with Gasteiger partial charge in [0.15, 0.2) is 0 Å². The summed E-state index contributed by atoms with van der Waals surface area (Å²) in [6, 6.07) is 0. The minimum Gasteiger partial charge on any atom is -0.347 e. The molecular weight excluding hydrogens is 244 g/mol. The summed E-state index contributed by atoms with van der Waals surface area (Å²) in [7, 11) is 0. The average Bonchev–Trinajstić information content (AvgIpc) is 2.78. The van der Waals surface area contributed by atoms with E-state index in [1.54, 1.807) is 0 Å². The molecule has 2 heterocycles. The van der Waals surface area contributed by atoms with Gasteiger partial charge in [-0.15, -0.1) is 0 Å². The lowest BCUT2D eigenvalue weighted by Gasteiger charge is -2.32. The second kappa shape index (κ2) is 5.53. The summed E-state index contributed by atoms with van der Waals surface area (Å²) >= 11 is 1.54. The third-order valence-electron chi connectivity index (χ3n) is 3.45. The van der Waals surface area contributed by atoms with Crippen molar-refractivity contribution in [3.63, 3.8) is 0 Å². The maximum atomic E-state index is 5.66. The zero-order valence-electron chi connectivity index (χ0n) is 11.6. The molecule has 1 unspecified atom stereocenters. The van der Waals surface area contributed by atoms with Crippen LogP contribution in [0, 0.1) is 5.92 Å². The Hall–Kier alpha value is -0.680. The van der Waals surface area contributed by atoms with E-state index in [-0.39, 0.29) is 5.41 Å². The first-order valence-corrected chi connectivity index (χ1v) is 7.57. The molecule has 0 aromatic carbocycles. The van der Waals surface area contributed by atoms with E-state index in [0.29, 0.717) is 0 Å². The smallest absolute Gasteiger partial charge is 0.205 e. The lowest BCUT2D eigenvalue weighted by molar-refractivity contribution is 0.395. The normalized spacial score (nSPS) is 21.3. The highest BCUT2D eigenvalue weighted by Gasteiger charge is 2.25. The van der Waals surface area contributed by atoms with Gasteiger partial charge >= 0.3 is 0 Å². The summed E-state index contributed by atoms with van der Waals surface area (Å²) in [4.78, 5) is 7.09. The van der Waals surface area contributed by atoms with Crippen LogP contribution in [0.2, 0.25) is 0 Å². The molecule has 1 aliphatic heterocycles. The first-order valence-electron chi connectivity index (χ1n) is 6.80. The number of nitrogens with zero attached hydrogens (tertiary/aromatic N) is 3. The van der Waals surface area contributed by atoms with Gasteiger partial charge in [-0.3, -0.25) is 0 Å². The number of nitrogens with two attached hydrogens (primary N) is 1. The van der Waals surface area contributed by atoms with Crippen molar-refractivity contribution in [1.29, 1.82) is 0 Å². The number of hydrogen-bond donors (Lipinski definition) is 1. The Morgan fingerprint density at radius 2 is 2.22 bits per heavy atom. The largest absolute Gasteiger partial charge is 0.347 e. The molecule has 0 spiro atoms. The fourth-order valence-electron chi connectivity index (χ4n) is 2.36. The van der Waals surface area contributed by atoms with Gasteiger partial charge in [-0.05, 0) is 31.7 Å². The van der Waals surface area contributed by atoms with Crippen LogP contribution in [0.3, 0.4) is 0 Å². The molecule has 18 heavy (non-hydrogen) atoms. The van der Waals surface area contributed by atoms with Crippen molar-refractivity contribution in [2.24, 2.45) is 11.7 Å². The molecule has 0 saturated carbocycles. The topological polar surface area (TPSA) is 55.0 Å². The Morgan fingerprint density at radius 3 is 2.83 bits per heavy atom. The Bertz CT molecular complexity index is 381. The van der Waals surface area contributed by atoms with E-state index in [9.17, 15) is 0 Å². The van der Waals surface area contributed by atoms with Crippen LogP contribution in [0.4, 0.5) is 5.13 Å². The first-order chi connectivity index (χ1) is 8.50. The predicted octanol–water partition coefficient (Wildman–Crippen LogP) is 2.40. The second-order valence-electron chi connectivity index (χ2n) is 6.18. The van der Waals surface area contributed by atoms with E-state index in [4.69, 9.17) is 10.7 Å². The van der Waals surface area contributed by atoms with Gasteiger partial charge in [0.1, 0.15) is 5.82 Å². The molecule has 1 aromatic rings. The van der Waals surface area contributed by atoms with Crippen LogP contribution in [-0.2, 0) is 5.41 Å². The summed E-state index contributed by atoms with van der Waals surface area (Å²) in [5.74, 6) is 1.69. The van der Waals surface area contributed by atoms with Crippen molar-refractivity contribution < 1.29 is 0 Å². The number of aromatic nitrogens is 2. The monoisotopic (exact) mass is 268 g/mol. The zero-order chi connectivity index (χ0) is 13.2. The zero-order valence-corrected chi connectivity index (χ0v) is 12.5. The molecule has 5 heteroatoms. The minimum absolute atomic E-state index is 0.0429. The van der Waals surface area contributed by atoms with Crippen molar-refractivity contribution >= 4 is 16.7 Å². The van der Waals surface area contributed by atoms with Gasteiger partial charge in [-0.1, -0.05) is 20.8 Å². The van der Waals surface area contributed by atoms with E-state index in [1.807, 2.05) is 0 Å². The van der Waals surface area contributed by atoms with E-state index >= 15 is 0 Å². The second-order valence-corrected chi connectivity index (χ2v) is 6.91. The van der Waals surface area contributed by atoms with Crippen molar-refractivity contribution in [3.05, 3.63) is 5.82 Å². The lowest BCUT2D eigenvalue weighted by atomic mass is 9.95. The highest BCUT2D eigenvalue weighted by Crippen LogP contribution is 2.29. The molecule has 1 atom stereocenters. The van der Waals surface area contributed by atoms with Crippen LogP contribution < -0.4 is 10.6 Å². The summed E-state index contributed by atoms with van der Waals surface area (Å²) in [5.41, 5.74) is 5.70. The van der Waals surface area contributed by atoms with Gasteiger partial charge in [0.25, 0.3) is 0 Å². The van der Waals surface area contributed by atoms with Crippen LogP contribution in [0.1, 0.15) is 45.9 Å². The fourth-order valence-corrected chi connectivity index (χ4v) is 3.25. The van der Waals surface area contributed by atoms with Crippen molar-refractivity contribution in [3.8, 4) is 0 Å². The molecule has 0 amide bonds. The van der Waals surface area contributed by atoms with Gasteiger partial charge in [0.2, 0.25) is 5.13 Å². The van der Waals surface area contributed by atoms with E-state index in [0.717, 1.165) is 42.9 Å². The summed E-state index contributed by atoms with van der Waals surface area (Å²) < 4.78 is 4.50. The van der Waals surface area contributed by atoms with Gasteiger partial charge in [0.05, 0.1) is 0 Å². The van der Waals surface area contributed by atoms with Crippen LogP contribution >= 0.6 is 11.5 Å². The quantitative estimate of drug-likeness (QED) is 0.914. The number of rotatable bonds is 3. The number of hydrogen-bond acceptors (Lipinski definition) is 5. The minimum atomic E-state index is 0.0429. The van der Waals surface area contributed by atoms with Crippen LogP contribution in [0.5, 0.6) is 0 Å². The van der Waals surface area contributed by atoms with E-state index in [1.165, 1.54) is 24.4 Å². The fraction of sp³-hybridized carbons (Fsp3) is 0.846. The SMILES string of the molecule is CC(C)(C)c1nsc(N2CCCC(CCN)C2)n1. The summed E-state index contributed by atoms with van der Waals surface area (Å²) in [6.45, 7) is 9.47. The van der Waals surface area contributed by atoms with Crippen LogP contribution in [-0.4, -0.2) is 29.0 Å². The average molecular weight is 268 g/mol. The Morgan fingerprint density at radius 1 is 1.44 bits per heavy atom. The molecule has 0 radical (unpaired) electrons. The van der Waals surface area contributed by atoms with Gasteiger partial charge in [-0.2, -0.15) is 4.37 Å². The lowest BCUT2D eigenvalue weighted by Crippen LogP contribution is -2.36. The molecule has 2 rings (SSSR count). The third-order valence-corrected chi connectivity index (χ3v) is 4.23. The van der Waals surface area contributed by atoms with Crippen molar-refractivity contribution in [1.82, 2.24) is 9.36 Å². The Balaban J connectivity index is 2.05. The van der Waals surface area contributed by atoms with E-state index in [2.05, 4.69) is 30.0 Å². The van der Waals surface area contributed by atoms with Crippen molar-refractivity contribution in [2.45, 2.75) is 45.4 Å². The standard InChI is InChI=1S/C13H24N4S/c1-13(2,3)11-15-12(18-16-11)17-8-4-5-10(9-17)6-7-14/h10H,4-9,14H2,1-3H3. The molecule has 2 N–H and O–H groups in total. The summed E-state index contributed by atoms with van der Waals surface area (Å²) in [6.07, 6.45) is 3.68. The van der Waals surface area contributed by atoms with Gasteiger partial charge in [-0.25, -0.2) is 4.98 Å². The highest BCUT2D eigenvalue weighted by atomic mass is 32.1. The predicted molar refractivity (Wildman–Crippen MR) is 77.2 cm³/mol. The molecule has 1 fully saturated rings. The maximum absolute atomic E-state index is 5.66. The molecule has 1 aliphatic rings. The molecule has 102 valence electrons. The highest BCUT2D eigenvalue weighted by molar-refractivity contribution is 7.09. The van der Waals surface area contributed by atoms with Gasteiger partial charge in [0, 0.05) is 30.0 Å². The van der Waals surface area contributed by atoms with Crippen LogP contribution in [0.25, 0.3) is 0 Å².